The third kappa shape index (κ3) is 2.89. The highest BCUT2D eigenvalue weighted by atomic mass is 35.5. The number of carbonyl (C=O) groups excluding carboxylic acids is 1. The van der Waals surface area contributed by atoms with E-state index in [-0.39, 0.29) is 16.8 Å². The SMILES string of the molecule is Cc1c(N2C(=O)CSC2c2ccccc2Cl)c(=O)n(-c2ccccc2)n1C. The predicted molar refractivity (Wildman–Crippen MR) is 110 cm³/mol. The van der Waals surface area contributed by atoms with Gasteiger partial charge in [-0.3, -0.25) is 19.2 Å². The normalized spacial score (nSPS) is 16.9. The number of rotatable bonds is 3. The fourth-order valence-electron chi connectivity index (χ4n) is 3.40. The minimum atomic E-state index is -0.316. The Balaban J connectivity index is 1.89. The zero-order valence-corrected chi connectivity index (χ0v) is 16.5. The molecule has 138 valence electrons. The number of carbonyl (C=O) groups is 1. The van der Waals surface area contributed by atoms with Crippen LogP contribution in [0, 0.1) is 6.92 Å². The summed E-state index contributed by atoms with van der Waals surface area (Å²) in [6, 6.07) is 16.9. The average Bonchev–Trinajstić information content (AvgIpc) is 3.14. The number of halogens is 1. The summed E-state index contributed by atoms with van der Waals surface area (Å²) < 4.78 is 3.37. The molecule has 0 N–H and O–H groups in total. The van der Waals surface area contributed by atoms with Crippen LogP contribution in [0.5, 0.6) is 0 Å². The van der Waals surface area contributed by atoms with Gasteiger partial charge in [-0.05, 0) is 25.1 Å². The zero-order chi connectivity index (χ0) is 19.1. The maximum atomic E-state index is 13.3. The Kier molecular flexibility index (Phi) is 4.61. The van der Waals surface area contributed by atoms with Crippen molar-refractivity contribution in [3.63, 3.8) is 0 Å². The van der Waals surface area contributed by atoms with Crippen LogP contribution in [0.15, 0.2) is 59.4 Å². The predicted octanol–water partition coefficient (Wildman–Crippen LogP) is 3.92. The molecule has 3 aromatic rings. The first-order chi connectivity index (χ1) is 13.0. The second-order valence-corrected chi connectivity index (χ2v) is 7.83. The van der Waals surface area contributed by atoms with Crippen molar-refractivity contribution in [3.8, 4) is 5.69 Å². The van der Waals surface area contributed by atoms with Gasteiger partial charge in [0.05, 0.1) is 17.1 Å². The molecule has 1 atom stereocenters. The van der Waals surface area contributed by atoms with Crippen LogP contribution < -0.4 is 10.5 Å². The highest BCUT2D eigenvalue weighted by Gasteiger charge is 2.39. The van der Waals surface area contributed by atoms with Crippen LogP contribution in [0.4, 0.5) is 5.69 Å². The monoisotopic (exact) mass is 399 g/mol. The molecule has 1 fully saturated rings. The summed E-state index contributed by atoms with van der Waals surface area (Å²) in [6.07, 6.45) is 0. The van der Waals surface area contributed by atoms with E-state index in [9.17, 15) is 9.59 Å². The Morgan fingerprint density at radius 3 is 2.41 bits per heavy atom. The quantitative estimate of drug-likeness (QED) is 0.670. The highest BCUT2D eigenvalue weighted by molar-refractivity contribution is 8.00. The van der Waals surface area contributed by atoms with Crippen LogP contribution >= 0.6 is 23.4 Å². The second-order valence-electron chi connectivity index (χ2n) is 6.36. The second kappa shape index (κ2) is 6.94. The summed E-state index contributed by atoms with van der Waals surface area (Å²) in [5.41, 5.74) is 2.52. The molecule has 1 amide bonds. The Morgan fingerprint density at radius 1 is 1.04 bits per heavy atom. The fraction of sp³-hybridized carbons (Fsp3) is 0.200. The van der Waals surface area contributed by atoms with Gasteiger partial charge < -0.3 is 0 Å². The van der Waals surface area contributed by atoms with Crippen LogP contribution in [0.25, 0.3) is 5.69 Å². The zero-order valence-electron chi connectivity index (χ0n) is 14.9. The average molecular weight is 400 g/mol. The number of para-hydroxylation sites is 1. The first-order valence-corrected chi connectivity index (χ1v) is 9.95. The molecule has 2 aromatic carbocycles. The number of aromatic nitrogens is 2. The third-order valence-electron chi connectivity index (χ3n) is 4.80. The van der Waals surface area contributed by atoms with Gasteiger partial charge >= 0.3 is 0 Å². The minimum absolute atomic E-state index is 0.0871. The molecule has 0 bridgehead atoms. The van der Waals surface area contributed by atoms with Crippen LogP contribution in [0.2, 0.25) is 5.02 Å². The Bertz CT molecular complexity index is 1070. The molecule has 2 heterocycles. The molecule has 1 aliphatic heterocycles. The summed E-state index contributed by atoms with van der Waals surface area (Å²) in [5, 5.41) is 0.274. The van der Waals surface area contributed by atoms with Gasteiger partial charge in [-0.1, -0.05) is 48.0 Å². The molecule has 27 heavy (non-hydrogen) atoms. The van der Waals surface area contributed by atoms with Crippen molar-refractivity contribution >= 4 is 35.0 Å². The number of hydrogen-bond donors (Lipinski definition) is 0. The Morgan fingerprint density at radius 2 is 1.70 bits per heavy atom. The van der Waals surface area contributed by atoms with Crippen molar-refractivity contribution in [2.45, 2.75) is 12.3 Å². The number of hydrogen-bond acceptors (Lipinski definition) is 3. The number of amides is 1. The van der Waals surface area contributed by atoms with Crippen LogP contribution in [-0.2, 0) is 11.8 Å². The lowest BCUT2D eigenvalue weighted by Crippen LogP contribution is -2.33. The van der Waals surface area contributed by atoms with Crippen LogP contribution in [0.1, 0.15) is 16.6 Å². The van der Waals surface area contributed by atoms with E-state index in [1.807, 2.05) is 62.5 Å². The van der Waals surface area contributed by atoms with Crippen molar-refractivity contribution in [2.75, 3.05) is 10.7 Å². The van der Waals surface area contributed by atoms with E-state index in [0.717, 1.165) is 16.9 Å². The van der Waals surface area contributed by atoms with Gasteiger partial charge in [0.1, 0.15) is 11.1 Å². The summed E-state index contributed by atoms with van der Waals surface area (Å²) in [4.78, 5) is 27.6. The molecule has 1 saturated heterocycles. The maximum absolute atomic E-state index is 13.3. The summed E-state index contributed by atoms with van der Waals surface area (Å²) in [7, 11) is 1.82. The van der Waals surface area contributed by atoms with Gasteiger partial charge in [-0.2, -0.15) is 0 Å². The van der Waals surface area contributed by atoms with Crippen molar-refractivity contribution < 1.29 is 4.79 Å². The van der Waals surface area contributed by atoms with Gasteiger partial charge in [0.25, 0.3) is 5.56 Å². The minimum Gasteiger partial charge on any atom is -0.288 e. The van der Waals surface area contributed by atoms with Crippen LogP contribution in [-0.4, -0.2) is 21.0 Å². The van der Waals surface area contributed by atoms with Crippen molar-refractivity contribution in [2.24, 2.45) is 7.05 Å². The Labute approximate surface area is 166 Å². The Hall–Kier alpha value is -2.44. The number of thioether (sulfide) groups is 1. The lowest BCUT2D eigenvalue weighted by atomic mass is 10.2. The highest BCUT2D eigenvalue weighted by Crippen LogP contribution is 2.43. The lowest BCUT2D eigenvalue weighted by molar-refractivity contribution is -0.115. The molecule has 7 heteroatoms. The van der Waals surface area contributed by atoms with E-state index in [0.29, 0.717) is 16.5 Å². The van der Waals surface area contributed by atoms with Gasteiger partial charge in [-0.25, -0.2) is 4.68 Å². The van der Waals surface area contributed by atoms with E-state index in [1.54, 1.807) is 20.3 Å². The molecule has 0 saturated carbocycles. The molecular weight excluding hydrogens is 382 g/mol. The van der Waals surface area contributed by atoms with Crippen molar-refractivity contribution in [1.82, 2.24) is 9.36 Å². The molecule has 0 aliphatic carbocycles. The summed E-state index contributed by atoms with van der Waals surface area (Å²) in [6.45, 7) is 1.86. The smallest absolute Gasteiger partial charge is 0.288 e. The standard InChI is InChI=1S/C20H18ClN3O2S/c1-13-18(19(26)24(22(13)2)14-8-4-3-5-9-14)23-17(25)12-27-20(23)15-10-6-7-11-16(15)21/h3-11,20H,12H2,1-2H3. The molecule has 4 rings (SSSR count). The first kappa shape index (κ1) is 17.9. The van der Waals surface area contributed by atoms with Crippen molar-refractivity contribution in [1.29, 1.82) is 0 Å². The summed E-state index contributed by atoms with van der Waals surface area (Å²) in [5.74, 6) is 0.227. The van der Waals surface area contributed by atoms with E-state index < -0.39 is 0 Å². The first-order valence-electron chi connectivity index (χ1n) is 8.53. The van der Waals surface area contributed by atoms with E-state index in [2.05, 4.69) is 0 Å². The van der Waals surface area contributed by atoms with E-state index in [1.165, 1.54) is 11.8 Å². The topological polar surface area (TPSA) is 47.2 Å². The summed E-state index contributed by atoms with van der Waals surface area (Å²) >= 11 is 7.86. The van der Waals surface area contributed by atoms with Gasteiger partial charge in [0, 0.05) is 17.6 Å². The molecule has 0 radical (unpaired) electrons. The lowest BCUT2D eigenvalue weighted by Gasteiger charge is -2.23. The van der Waals surface area contributed by atoms with Gasteiger partial charge in [0.2, 0.25) is 5.91 Å². The molecule has 1 aliphatic rings. The number of anilines is 1. The largest absolute Gasteiger partial charge is 0.295 e. The van der Waals surface area contributed by atoms with Crippen molar-refractivity contribution in [3.05, 3.63) is 81.2 Å². The third-order valence-corrected chi connectivity index (χ3v) is 6.34. The van der Waals surface area contributed by atoms with E-state index >= 15 is 0 Å². The molecular formula is C20H18ClN3O2S. The molecule has 0 spiro atoms. The number of benzene rings is 2. The maximum Gasteiger partial charge on any atom is 0.295 e. The number of nitrogens with zero attached hydrogens (tertiary/aromatic N) is 3. The van der Waals surface area contributed by atoms with Crippen LogP contribution in [0.3, 0.4) is 0 Å². The molecule has 1 aromatic heterocycles. The van der Waals surface area contributed by atoms with Gasteiger partial charge in [-0.15, -0.1) is 11.8 Å². The van der Waals surface area contributed by atoms with E-state index in [4.69, 9.17) is 11.6 Å². The van der Waals surface area contributed by atoms with Gasteiger partial charge in [0.15, 0.2) is 0 Å². The molecule has 1 unspecified atom stereocenters. The fourth-order valence-corrected chi connectivity index (χ4v) is 4.90. The molecule has 5 nitrogen and oxygen atoms in total.